The third-order valence-electron chi connectivity index (χ3n) is 6.20. The van der Waals surface area contributed by atoms with Crippen molar-refractivity contribution in [3.63, 3.8) is 0 Å². The van der Waals surface area contributed by atoms with Gasteiger partial charge in [0.2, 0.25) is 17.8 Å². The number of ether oxygens (including phenoxy) is 4. The Hall–Kier alpha value is -3.74. The molecule has 1 N–H and O–H groups in total. The largest absolute Gasteiger partial charge is 0.493 e. The predicted octanol–water partition coefficient (Wildman–Crippen LogP) is 3.37. The molecular formula is C26H29ClFN7O4. The third kappa shape index (κ3) is 6.83. The van der Waals surface area contributed by atoms with Crippen LogP contribution >= 0.6 is 11.6 Å². The Labute approximate surface area is 230 Å². The lowest BCUT2D eigenvalue weighted by atomic mass is 10.2. The molecule has 0 saturated carbocycles. The summed E-state index contributed by atoms with van der Waals surface area (Å²) in [5.41, 5.74) is 3.91. The first-order chi connectivity index (χ1) is 19.1. The molecule has 2 aliphatic rings. The normalized spacial score (nSPS) is 16.0. The van der Waals surface area contributed by atoms with Gasteiger partial charge in [0.1, 0.15) is 12.4 Å². The van der Waals surface area contributed by atoms with Gasteiger partial charge in [0, 0.05) is 31.7 Å². The molecule has 2 aromatic carbocycles. The molecule has 5 rings (SSSR count). The van der Waals surface area contributed by atoms with E-state index in [-0.39, 0.29) is 12.2 Å². The maximum atomic E-state index is 14.2. The lowest BCUT2D eigenvalue weighted by Gasteiger charge is -2.30. The fourth-order valence-corrected chi connectivity index (χ4v) is 4.30. The number of methoxy groups -OCH3 is 1. The molecule has 0 aliphatic carbocycles. The van der Waals surface area contributed by atoms with Gasteiger partial charge < -0.3 is 28.7 Å². The highest BCUT2D eigenvalue weighted by atomic mass is 35.5. The summed E-state index contributed by atoms with van der Waals surface area (Å²) < 4.78 is 36.4. The van der Waals surface area contributed by atoms with Crippen molar-refractivity contribution in [2.24, 2.45) is 5.10 Å². The average Bonchev–Trinajstić information content (AvgIpc) is 2.98. The second-order valence-electron chi connectivity index (χ2n) is 8.73. The van der Waals surface area contributed by atoms with E-state index in [4.69, 9.17) is 35.5 Å². The molecule has 3 aromatic rings. The zero-order chi connectivity index (χ0) is 27.0. The summed E-state index contributed by atoms with van der Waals surface area (Å²) in [5, 5.41) is 4.63. The van der Waals surface area contributed by atoms with E-state index in [2.05, 4.69) is 30.3 Å². The maximum Gasteiger partial charge on any atom is 0.250 e. The van der Waals surface area contributed by atoms with Crippen LogP contribution in [-0.4, -0.2) is 80.9 Å². The Morgan fingerprint density at radius 1 is 0.974 bits per heavy atom. The number of morpholine rings is 2. The second kappa shape index (κ2) is 12.9. The van der Waals surface area contributed by atoms with Gasteiger partial charge in [-0.25, -0.2) is 9.82 Å². The Morgan fingerprint density at radius 2 is 1.64 bits per heavy atom. The zero-order valence-corrected chi connectivity index (χ0v) is 22.2. The minimum absolute atomic E-state index is 0.0554. The van der Waals surface area contributed by atoms with Gasteiger partial charge in [-0.3, -0.25) is 0 Å². The lowest BCUT2D eigenvalue weighted by Crippen LogP contribution is -2.40. The summed E-state index contributed by atoms with van der Waals surface area (Å²) in [4.78, 5) is 18.0. The summed E-state index contributed by atoms with van der Waals surface area (Å²) in [7, 11) is 1.53. The molecule has 2 aliphatic heterocycles. The number of hydrogen-bond acceptors (Lipinski definition) is 11. The number of benzene rings is 2. The molecule has 0 amide bonds. The molecule has 39 heavy (non-hydrogen) atoms. The molecule has 0 radical (unpaired) electrons. The van der Waals surface area contributed by atoms with Crippen molar-refractivity contribution in [1.29, 1.82) is 0 Å². The minimum Gasteiger partial charge on any atom is -0.493 e. The minimum atomic E-state index is -0.436. The van der Waals surface area contributed by atoms with Crippen LogP contribution in [0.15, 0.2) is 41.5 Å². The summed E-state index contributed by atoms with van der Waals surface area (Å²) in [6, 6.07) is 9.81. The summed E-state index contributed by atoms with van der Waals surface area (Å²) >= 11 is 6.13. The van der Waals surface area contributed by atoms with Crippen molar-refractivity contribution in [3.8, 4) is 11.5 Å². The molecule has 0 spiro atoms. The molecule has 0 atom stereocenters. The van der Waals surface area contributed by atoms with Crippen LogP contribution < -0.4 is 24.7 Å². The number of nitrogens with zero attached hydrogens (tertiary/aromatic N) is 6. The highest BCUT2D eigenvalue weighted by molar-refractivity contribution is 6.31. The van der Waals surface area contributed by atoms with E-state index >= 15 is 0 Å². The second-order valence-corrected chi connectivity index (χ2v) is 9.13. The van der Waals surface area contributed by atoms with Crippen LogP contribution in [0.4, 0.5) is 22.2 Å². The third-order valence-corrected chi connectivity index (χ3v) is 6.55. The van der Waals surface area contributed by atoms with Crippen LogP contribution in [-0.2, 0) is 16.1 Å². The summed E-state index contributed by atoms with van der Waals surface area (Å²) in [5.74, 6) is 1.94. The number of halogens is 2. The molecule has 13 heteroatoms. The van der Waals surface area contributed by atoms with Gasteiger partial charge in [0.15, 0.2) is 11.5 Å². The van der Waals surface area contributed by atoms with E-state index in [9.17, 15) is 4.39 Å². The van der Waals surface area contributed by atoms with E-state index in [1.54, 1.807) is 30.5 Å². The topological polar surface area (TPSA) is 106 Å². The first-order valence-electron chi connectivity index (χ1n) is 12.5. The van der Waals surface area contributed by atoms with Crippen molar-refractivity contribution in [2.45, 2.75) is 6.61 Å². The quantitative estimate of drug-likeness (QED) is 0.311. The van der Waals surface area contributed by atoms with Crippen molar-refractivity contribution in [3.05, 3.63) is 58.4 Å². The van der Waals surface area contributed by atoms with Gasteiger partial charge in [-0.2, -0.15) is 20.1 Å². The van der Waals surface area contributed by atoms with Gasteiger partial charge in [0.25, 0.3) is 0 Å². The van der Waals surface area contributed by atoms with Crippen molar-refractivity contribution in [1.82, 2.24) is 15.0 Å². The zero-order valence-electron chi connectivity index (χ0n) is 21.5. The van der Waals surface area contributed by atoms with E-state index < -0.39 is 5.82 Å². The number of hydrazone groups is 1. The molecule has 0 unspecified atom stereocenters. The SMILES string of the molecule is COc1ccc(C=NNc2nc(N3CCOCC3)nc(N3CCOCC3)n2)cc1OCc1c(F)cccc1Cl. The van der Waals surface area contributed by atoms with Gasteiger partial charge in [0.05, 0.1) is 44.8 Å². The van der Waals surface area contributed by atoms with E-state index in [0.29, 0.717) is 92.5 Å². The van der Waals surface area contributed by atoms with Crippen LogP contribution in [0.1, 0.15) is 11.1 Å². The highest BCUT2D eigenvalue weighted by Crippen LogP contribution is 2.30. The van der Waals surface area contributed by atoms with Crippen molar-refractivity contribution >= 4 is 35.7 Å². The molecule has 0 bridgehead atoms. The summed E-state index contributed by atoms with van der Waals surface area (Å²) in [6.45, 7) is 5.19. The Morgan fingerprint density at radius 3 is 2.26 bits per heavy atom. The van der Waals surface area contributed by atoms with Crippen LogP contribution in [0.5, 0.6) is 11.5 Å². The maximum absolute atomic E-state index is 14.2. The standard InChI is InChI=1S/C26H29ClFN7O4/c1-36-22-6-5-18(15-23(22)39-17-19-20(27)3-2-4-21(19)28)16-29-33-24-30-25(34-7-11-37-12-8-34)32-26(31-24)35-9-13-38-14-10-35/h2-6,15-16H,7-14,17H2,1H3,(H,30,31,32,33). The Bertz CT molecular complexity index is 1250. The molecule has 206 valence electrons. The molecule has 11 nitrogen and oxygen atoms in total. The van der Waals surface area contributed by atoms with Gasteiger partial charge in [-0.1, -0.05) is 17.7 Å². The van der Waals surface area contributed by atoms with Gasteiger partial charge in [-0.15, -0.1) is 0 Å². The van der Waals surface area contributed by atoms with E-state index in [1.165, 1.54) is 13.2 Å². The fraction of sp³-hybridized carbons (Fsp3) is 0.385. The number of anilines is 3. The Balaban J connectivity index is 1.32. The Kier molecular flexibility index (Phi) is 8.86. The van der Waals surface area contributed by atoms with Crippen LogP contribution in [0.2, 0.25) is 5.02 Å². The molecule has 3 heterocycles. The van der Waals surface area contributed by atoms with Crippen LogP contribution in [0.25, 0.3) is 0 Å². The highest BCUT2D eigenvalue weighted by Gasteiger charge is 2.20. The molecule has 1 aromatic heterocycles. The molecule has 2 saturated heterocycles. The fourth-order valence-electron chi connectivity index (χ4n) is 4.08. The monoisotopic (exact) mass is 557 g/mol. The molecule has 2 fully saturated rings. The number of aromatic nitrogens is 3. The van der Waals surface area contributed by atoms with Crippen molar-refractivity contribution < 1.29 is 23.3 Å². The van der Waals surface area contributed by atoms with E-state index in [1.807, 2.05) is 6.07 Å². The van der Waals surface area contributed by atoms with Gasteiger partial charge in [-0.05, 0) is 35.9 Å². The van der Waals surface area contributed by atoms with Gasteiger partial charge >= 0.3 is 0 Å². The first-order valence-corrected chi connectivity index (χ1v) is 12.9. The number of rotatable bonds is 9. The number of hydrogen-bond donors (Lipinski definition) is 1. The van der Waals surface area contributed by atoms with Crippen molar-refractivity contribution in [2.75, 3.05) is 74.9 Å². The lowest BCUT2D eigenvalue weighted by molar-refractivity contribution is 0.121. The van der Waals surface area contributed by atoms with Crippen LogP contribution in [0.3, 0.4) is 0 Å². The first kappa shape index (κ1) is 26.9. The smallest absolute Gasteiger partial charge is 0.250 e. The predicted molar refractivity (Wildman–Crippen MR) is 146 cm³/mol. The van der Waals surface area contributed by atoms with Crippen LogP contribution in [0, 0.1) is 5.82 Å². The average molecular weight is 558 g/mol. The van der Waals surface area contributed by atoms with E-state index in [0.717, 1.165) is 0 Å². The molecular weight excluding hydrogens is 529 g/mol. The number of nitrogens with one attached hydrogen (secondary N) is 1. The summed E-state index contributed by atoms with van der Waals surface area (Å²) in [6.07, 6.45) is 1.61.